The molecule has 0 atom stereocenters. The minimum Gasteiger partial charge on any atom is -0.266 e. The van der Waals surface area contributed by atoms with Crippen LogP contribution >= 0.6 is 0 Å². The summed E-state index contributed by atoms with van der Waals surface area (Å²) in [6.45, 7) is 4.93. The molecule has 1 rings (SSSR count). The highest BCUT2D eigenvalue weighted by atomic mass is 15.5. The number of hydrazone groups is 1. The molecule has 0 aromatic rings. The van der Waals surface area contributed by atoms with Gasteiger partial charge >= 0.3 is 0 Å². The number of hydrogen-bond acceptors (Lipinski definition) is 2. The maximum atomic E-state index is 4.20. The van der Waals surface area contributed by atoms with Crippen molar-refractivity contribution >= 4 is 6.21 Å². The van der Waals surface area contributed by atoms with Crippen molar-refractivity contribution in [3.8, 4) is 0 Å². The number of hydrogen-bond donors (Lipinski definition) is 0. The van der Waals surface area contributed by atoms with Crippen molar-refractivity contribution in [2.45, 2.75) is 13.8 Å². The molecule has 12 heavy (non-hydrogen) atoms. The van der Waals surface area contributed by atoms with Crippen LogP contribution in [0.25, 0.3) is 0 Å². The quantitative estimate of drug-likeness (QED) is 0.569. The number of allylic oxidation sites excluding steroid dienone is 5. The summed E-state index contributed by atoms with van der Waals surface area (Å²) in [6, 6.07) is 0. The molecular weight excluding hydrogens is 148 g/mol. The molecule has 0 amide bonds. The molecular formula is C10H14N2. The van der Waals surface area contributed by atoms with Gasteiger partial charge in [0.1, 0.15) is 0 Å². The van der Waals surface area contributed by atoms with Crippen molar-refractivity contribution in [2.24, 2.45) is 5.10 Å². The maximum Gasteiger partial charge on any atom is 0.0596 e. The van der Waals surface area contributed by atoms with Gasteiger partial charge in [-0.3, -0.25) is 5.01 Å². The van der Waals surface area contributed by atoms with E-state index in [9.17, 15) is 0 Å². The van der Waals surface area contributed by atoms with Gasteiger partial charge in [0.2, 0.25) is 0 Å². The van der Waals surface area contributed by atoms with Crippen LogP contribution in [0, 0.1) is 0 Å². The van der Waals surface area contributed by atoms with Crippen LogP contribution in [-0.4, -0.2) is 17.8 Å². The normalized spacial score (nSPS) is 17.8. The SMILES string of the molecule is CC=CC=C(C)N1CC=CC=N1. The Morgan fingerprint density at radius 2 is 2.42 bits per heavy atom. The fourth-order valence-electron chi connectivity index (χ4n) is 0.944. The number of rotatable bonds is 2. The van der Waals surface area contributed by atoms with Gasteiger partial charge in [-0.1, -0.05) is 18.2 Å². The van der Waals surface area contributed by atoms with Gasteiger partial charge < -0.3 is 0 Å². The van der Waals surface area contributed by atoms with E-state index in [2.05, 4.69) is 24.2 Å². The zero-order chi connectivity index (χ0) is 8.81. The Hall–Kier alpha value is -1.31. The monoisotopic (exact) mass is 162 g/mol. The lowest BCUT2D eigenvalue weighted by Crippen LogP contribution is -2.17. The zero-order valence-electron chi connectivity index (χ0n) is 7.57. The molecule has 64 valence electrons. The van der Waals surface area contributed by atoms with Gasteiger partial charge in [0, 0.05) is 11.9 Å². The molecule has 1 aliphatic rings. The van der Waals surface area contributed by atoms with Crippen molar-refractivity contribution in [1.82, 2.24) is 5.01 Å². The Morgan fingerprint density at radius 1 is 1.58 bits per heavy atom. The second kappa shape index (κ2) is 4.54. The van der Waals surface area contributed by atoms with Gasteiger partial charge in [0.25, 0.3) is 0 Å². The van der Waals surface area contributed by atoms with Crippen LogP contribution in [0.15, 0.2) is 41.2 Å². The molecule has 2 nitrogen and oxygen atoms in total. The predicted octanol–water partition coefficient (Wildman–Crippen LogP) is 2.32. The maximum absolute atomic E-state index is 4.20. The van der Waals surface area contributed by atoms with Gasteiger partial charge in [0.05, 0.1) is 6.54 Å². The zero-order valence-corrected chi connectivity index (χ0v) is 7.57. The summed E-state index contributed by atoms with van der Waals surface area (Å²) in [5.41, 5.74) is 1.16. The van der Waals surface area contributed by atoms with Crippen molar-refractivity contribution in [2.75, 3.05) is 6.54 Å². The standard InChI is InChI=1S/C10H14N2/c1-3-4-7-10(2)12-9-6-5-8-11-12/h3-8H,9H2,1-2H3. The topological polar surface area (TPSA) is 15.6 Å². The lowest BCUT2D eigenvalue weighted by atomic mass is 10.3. The summed E-state index contributed by atoms with van der Waals surface area (Å²) >= 11 is 0. The molecule has 0 unspecified atom stereocenters. The van der Waals surface area contributed by atoms with Crippen LogP contribution in [0.2, 0.25) is 0 Å². The second-order valence-corrected chi connectivity index (χ2v) is 2.61. The highest BCUT2D eigenvalue weighted by molar-refractivity contribution is 5.71. The Kier molecular flexibility index (Phi) is 3.33. The molecule has 0 spiro atoms. The van der Waals surface area contributed by atoms with Gasteiger partial charge in [-0.05, 0) is 26.0 Å². The molecule has 0 saturated heterocycles. The highest BCUT2D eigenvalue weighted by Crippen LogP contribution is 2.06. The second-order valence-electron chi connectivity index (χ2n) is 2.61. The fourth-order valence-corrected chi connectivity index (χ4v) is 0.944. The molecule has 0 aromatic carbocycles. The van der Waals surface area contributed by atoms with Crippen LogP contribution in [0.4, 0.5) is 0 Å². The van der Waals surface area contributed by atoms with Gasteiger partial charge in [0.15, 0.2) is 0 Å². The summed E-state index contributed by atoms with van der Waals surface area (Å²) in [7, 11) is 0. The number of nitrogens with zero attached hydrogens (tertiary/aromatic N) is 2. The van der Waals surface area contributed by atoms with Crippen molar-refractivity contribution in [3.63, 3.8) is 0 Å². The third-order valence-corrected chi connectivity index (χ3v) is 1.64. The van der Waals surface area contributed by atoms with Crippen molar-refractivity contribution < 1.29 is 0 Å². The summed E-state index contributed by atoms with van der Waals surface area (Å²) in [4.78, 5) is 0. The van der Waals surface area contributed by atoms with Crippen molar-refractivity contribution in [3.05, 3.63) is 36.1 Å². The fraction of sp³-hybridized carbons (Fsp3) is 0.300. The van der Waals surface area contributed by atoms with E-state index in [0.29, 0.717) is 0 Å². The highest BCUT2D eigenvalue weighted by Gasteiger charge is 2.00. The van der Waals surface area contributed by atoms with E-state index in [0.717, 1.165) is 12.2 Å². The third kappa shape index (κ3) is 2.38. The van der Waals surface area contributed by atoms with Crippen LogP contribution in [-0.2, 0) is 0 Å². The first-order valence-electron chi connectivity index (χ1n) is 4.11. The average molecular weight is 162 g/mol. The van der Waals surface area contributed by atoms with Gasteiger partial charge in [-0.2, -0.15) is 5.10 Å². The summed E-state index contributed by atoms with van der Waals surface area (Å²) < 4.78 is 0. The molecule has 0 bridgehead atoms. The van der Waals surface area contributed by atoms with Gasteiger partial charge in [-0.25, -0.2) is 0 Å². The van der Waals surface area contributed by atoms with E-state index in [1.807, 2.05) is 30.2 Å². The van der Waals surface area contributed by atoms with Gasteiger partial charge in [-0.15, -0.1) is 0 Å². The van der Waals surface area contributed by atoms with E-state index in [-0.39, 0.29) is 0 Å². The molecule has 0 fully saturated rings. The molecule has 1 aliphatic heterocycles. The average Bonchev–Trinajstić information content (AvgIpc) is 2.15. The van der Waals surface area contributed by atoms with Crippen LogP contribution < -0.4 is 0 Å². The van der Waals surface area contributed by atoms with E-state index in [1.54, 1.807) is 6.21 Å². The Labute approximate surface area is 73.6 Å². The lowest BCUT2D eigenvalue weighted by molar-refractivity contribution is 0.404. The lowest BCUT2D eigenvalue weighted by Gasteiger charge is -2.18. The molecule has 0 saturated carbocycles. The van der Waals surface area contributed by atoms with E-state index < -0.39 is 0 Å². The summed E-state index contributed by atoms with van der Waals surface area (Å²) in [6.07, 6.45) is 11.9. The predicted molar refractivity (Wildman–Crippen MR) is 52.9 cm³/mol. The van der Waals surface area contributed by atoms with Crippen LogP contribution in [0.1, 0.15) is 13.8 Å². The largest absolute Gasteiger partial charge is 0.266 e. The van der Waals surface area contributed by atoms with Crippen molar-refractivity contribution in [1.29, 1.82) is 0 Å². The summed E-state index contributed by atoms with van der Waals surface area (Å²) in [5.74, 6) is 0. The Bertz CT molecular complexity index is 247. The molecule has 0 radical (unpaired) electrons. The van der Waals surface area contributed by atoms with E-state index >= 15 is 0 Å². The minimum absolute atomic E-state index is 0.871. The van der Waals surface area contributed by atoms with Crippen LogP contribution in [0.3, 0.4) is 0 Å². The third-order valence-electron chi connectivity index (χ3n) is 1.64. The molecule has 0 aromatic heterocycles. The Morgan fingerprint density at radius 3 is 3.00 bits per heavy atom. The molecule has 0 aliphatic carbocycles. The van der Waals surface area contributed by atoms with E-state index in [4.69, 9.17) is 0 Å². The van der Waals surface area contributed by atoms with Crippen LogP contribution in [0.5, 0.6) is 0 Å². The first kappa shape index (κ1) is 8.78. The smallest absolute Gasteiger partial charge is 0.0596 e. The first-order chi connectivity index (χ1) is 5.84. The first-order valence-corrected chi connectivity index (χ1v) is 4.11. The summed E-state index contributed by atoms with van der Waals surface area (Å²) in [5, 5.41) is 6.16. The molecule has 1 heterocycles. The molecule has 0 N–H and O–H groups in total. The molecule has 2 heteroatoms. The minimum atomic E-state index is 0.871. The van der Waals surface area contributed by atoms with E-state index in [1.165, 1.54) is 0 Å². The Balaban J connectivity index is 2.58.